The Morgan fingerprint density at radius 3 is 2.59 bits per heavy atom. The van der Waals surface area contributed by atoms with Crippen LogP contribution in [0, 0.1) is 5.92 Å². The van der Waals surface area contributed by atoms with Gasteiger partial charge in [-0.15, -0.1) is 0 Å². The summed E-state index contributed by atoms with van der Waals surface area (Å²) in [7, 11) is 0. The zero-order chi connectivity index (χ0) is 19.1. The van der Waals surface area contributed by atoms with Crippen molar-refractivity contribution in [2.75, 3.05) is 5.43 Å². The maximum atomic E-state index is 10.7. The van der Waals surface area contributed by atoms with Gasteiger partial charge in [0.15, 0.2) is 17.0 Å². The predicted molar refractivity (Wildman–Crippen MR) is 101 cm³/mol. The second-order valence-corrected chi connectivity index (χ2v) is 7.15. The average molecular weight is 390 g/mol. The molecule has 1 saturated carbocycles. The van der Waals surface area contributed by atoms with E-state index in [0.717, 1.165) is 5.56 Å². The van der Waals surface area contributed by atoms with Crippen LogP contribution in [0.1, 0.15) is 24.1 Å². The lowest BCUT2D eigenvalue weighted by Crippen LogP contribution is -2.33. The number of hydrogen-bond acceptors (Lipinski definition) is 8. The number of hydrogen-bond donors (Lipinski definition) is 5. The van der Waals surface area contributed by atoms with E-state index in [1.54, 1.807) is 23.0 Å². The molecule has 0 bridgehead atoms. The largest absolute Gasteiger partial charge is 0.390 e. The van der Waals surface area contributed by atoms with Gasteiger partial charge in [0.05, 0.1) is 18.5 Å². The summed E-state index contributed by atoms with van der Waals surface area (Å²) in [5.74, 6) is 5.51. The monoisotopic (exact) mass is 389 g/mol. The van der Waals surface area contributed by atoms with Gasteiger partial charge in [0.1, 0.15) is 12.4 Å². The molecule has 3 aromatic rings. The third kappa shape index (κ3) is 3.03. The second-order valence-electron chi connectivity index (χ2n) is 6.72. The molecule has 9 nitrogen and oxygen atoms in total. The SMILES string of the molecule is NNc1ncnc2c1ncn2[C@@H]1C[C@H]([C@H](N)c2ccc(Cl)cc2)[C@@H](O)[C@H]1O. The minimum atomic E-state index is -1.00. The molecule has 1 fully saturated rings. The van der Waals surface area contributed by atoms with Crippen molar-refractivity contribution in [3.8, 4) is 0 Å². The number of nitrogens with two attached hydrogens (primary N) is 2. The number of nitrogen functional groups attached to an aromatic ring is 1. The fourth-order valence-corrected chi connectivity index (χ4v) is 3.93. The number of nitrogens with one attached hydrogen (secondary N) is 1. The molecule has 0 aliphatic heterocycles. The Labute approximate surface area is 160 Å². The highest BCUT2D eigenvalue weighted by molar-refractivity contribution is 6.30. The highest BCUT2D eigenvalue weighted by Crippen LogP contribution is 2.42. The van der Waals surface area contributed by atoms with Crippen LogP contribution in [-0.4, -0.2) is 41.9 Å². The zero-order valence-electron chi connectivity index (χ0n) is 14.3. The van der Waals surface area contributed by atoms with Gasteiger partial charge in [0, 0.05) is 17.0 Å². The molecule has 0 radical (unpaired) electrons. The van der Waals surface area contributed by atoms with Crippen molar-refractivity contribution in [2.24, 2.45) is 17.5 Å². The van der Waals surface area contributed by atoms with Crippen molar-refractivity contribution in [3.05, 3.63) is 47.5 Å². The van der Waals surface area contributed by atoms with Crippen LogP contribution in [-0.2, 0) is 0 Å². The Bertz CT molecular complexity index is 948. The smallest absolute Gasteiger partial charge is 0.171 e. The lowest BCUT2D eigenvalue weighted by molar-refractivity contribution is 0.00216. The lowest BCUT2D eigenvalue weighted by Gasteiger charge is -2.23. The molecule has 1 aliphatic carbocycles. The van der Waals surface area contributed by atoms with Gasteiger partial charge in [-0.2, -0.15) is 0 Å². The van der Waals surface area contributed by atoms with Gasteiger partial charge in [-0.1, -0.05) is 23.7 Å². The minimum absolute atomic E-state index is 0.336. The molecule has 2 heterocycles. The molecule has 142 valence electrons. The molecule has 5 atom stereocenters. The van der Waals surface area contributed by atoms with E-state index < -0.39 is 24.3 Å². The number of hydrazine groups is 1. The van der Waals surface area contributed by atoms with Crippen LogP contribution in [0.5, 0.6) is 0 Å². The maximum absolute atomic E-state index is 10.7. The van der Waals surface area contributed by atoms with Gasteiger partial charge < -0.3 is 25.9 Å². The number of aliphatic hydroxyl groups is 2. The number of fused-ring (bicyclic) bond motifs is 1. The van der Waals surface area contributed by atoms with Crippen molar-refractivity contribution >= 4 is 28.6 Å². The molecule has 0 amide bonds. The van der Waals surface area contributed by atoms with Crippen LogP contribution in [0.15, 0.2) is 36.9 Å². The highest BCUT2D eigenvalue weighted by atomic mass is 35.5. The zero-order valence-corrected chi connectivity index (χ0v) is 15.0. The highest BCUT2D eigenvalue weighted by Gasteiger charge is 2.45. The summed E-state index contributed by atoms with van der Waals surface area (Å²) in [6.07, 6.45) is 1.41. The van der Waals surface area contributed by atoms with Crippen LogP contribution in [0.2, 0.25) is 5.02 Å². The summed E-state index contributed by atoms with van der Waals surface area (Å²) in [5.41, 5.74) is 10.7. The lowest BCUT2D eigenvalue weighted by atomic mass is 9.90. The summed E-state index contributed by atoms with van der Waals surface area (Å²) >= 11 is 5.93. The van der Waals surface area contributed by atoms with Gasteiger partial charge in [-0.3, -0.25) is 0 Å². The number of aromatic nitrogens is 4. The first-order valence-electron chi connectivity index (χ1n) is 8.52. The minimum Gasteiger partial charge on any atom is -0.390 e. The molecular weight excluding hydrogens is 370 g/mol. The van der Waals surface area contributed by atoms with Crippen LogP contribution < -0.4 is 17.0 Å². The van der Waals surface area contributed by atoms with Crippen molar-refractivity contribution in [1.29, 1.82) is 0 Å². The predicted octanol–water partition coefficient (Wildman–Crippen LogP) is 0.748. The molecule has 27 heavy (non-hydrogen) atoms. The number of nitrogens with zero attached hydrogens (tertiary/aromatic N) is 4. The van der Waals surface area contributed by atoms with Crippen molar-refractivity contribution in [3.63, 3.8) is 0 Å². The van der Waals surface area contributed by atoms with E-state index in [0.29, 0.717) is 28.4 Å². The number of imidazole rings is 1. The number of halogens is 1. The fraction of sp³-hybridized carbons (Fsp3) is 0.353. The van der Waals surface area contributed by atoms with Gasteiger partial charge in [-0.25, -0.2) is 20.8 Å². The molecule has 0 unspecified atom stereocenters. The summed E-state index contributed by atoms with van der Waals surface area (Å²) in [6.45, 7) is 0. The topological polar surface area (TPSA) is 148 Å². The first-order valence-corrected chi connectivity index (χ1v) is 8.90. The first kappa shape index (κ1) is 18.1. The average Bonchev–Trinajstić information content (AvgIpc) is 3.23. The molecular formula is C17H20ClN7O2. The molecule has 10 heteroatoms. The molecule has 0 saturated heterocycles. The van der Waals surface area contributed by atoms with Gasteiger partial charge in [-0.05, 0) is 24.1 Å². The van der Waals surface area contributed by atoms with E-state index in [1.165, 1.54) is 6.33 Å². The third-order valence-corrected chi connectivity index (χ3v) is 5.52. The molecule has 1 aliphatic rings. The number of rotatable bonds is 4. The van der Waals surface area contributed by atoms with Crippen LogP contribution in [0.25, 0.3) is 11.2 Å². The van der Waals surface area contributed by atoms with Gasteiger partial charge >= 0.3 is 0 Å². The van der Waals surface area contributed by atoms with E-state index in [1.807, 2.05) is 12.1 Å². The van der Waals surface area contributed by atoms with E-state index in [9.17, 15) is 10.2 Å². The molecule has 0 spiro atoms. The quantitative estimate of drug-likeness (QED) is 0.324. The van der Waals surface area contributed by atoms with Crippen molar-refractivity contribution in [1.82, 2.24) is 19.5 Å². The summed E-state index contributed by atoms with van der Waals surface area (Å²) in [4.78, 5) is 12.6. The van der Waals surface area contributed by atoms with Crippen LogP contribution in [0.3, 0.4) is 0 Å². The fourth-order valence-electron chi connectivity index (χ4n) is 3.81. The number of anilines is 1. The first-order chi connectivity index (χ1) is 13.0. The molecule has 7 N–H and O–H groups in total. The van der Waals surface area contributed by atoms with Crippen molar-refractivity contribution < 1.29 is 10.2 Å². The summed E-state index contributed by atoms with van der Waals surface area (Å²) in [5, 5.41) is 21.9. The maximum Gasteiger partial charge on any atom is 0.171 e. The Balaban J connectivity index is 1.65. The Hall–Kier alpha value is -2.30. The third-order valence-electron chi connectivity index (χ3n) is 5.27. The van der Waals surface area contributed by atoms with Crippen molar-refractivity contribution in [2.45, 2.75) is 30.7 Å². The Morgan fingerprint density at radius 1 is 1.15 bits per heavy atom. The Morgan fingerprint density at radius 2 is 1.89 bits per heavy atom. The Kier molecular flexibility index (Phi) is 4.70. The molecule has 4 rings (SSSR count). The second kappa shape index (κ2) is 7.02. The van der Waals surface area contributed by atoms with E-state index >= 15 is 0 Å². The van der Waals surface area contributed by atoms with Crippen LogP contribution in [0.4, 0.5) is 5.82 Å². The van der Waals surface area contributed by atoms with Gasteiger partial charge in [0.2, 0.25) is 0 Å². The standard InChI is InChI=1S/C17H20ClN7O2/c18-9-3-1-8(2-4-9)12(19)10-5-11(15(27)14(10)26)25-7-23-13-16(24-20)21-6-22-17(13)25/h1-4,6-7,10-12,14-15,26-27H,5,19-20H2,(H,21,22,24)/t10-,11-,12-,14-,15+/m1/s1. The van der Waals surface area contributed by atoms with E-state index in [2.05, 4.69) is 20.4 Å². The van der Waals surface area contributed by atoms with E-state index in [4.69, 9.17) is 23.2 Å². The number of aliphatic hydroxyl groups excluding tert-OH is 2. The van der Waals surface area contributed by atoms with Crippen LogP contribution >= 0.6 is 11.6 Å². The molecule has 2 aromatic heterocycles. The molecule has 1 aromatic carbocycles. The number of benzene rings is 1. The summed E-state index contributed by atoms with van der Waals surface area (Å²) < 4.78 is 1.74. The normalized spacial score (nSPS) is 26.4. The van der Waals surface area contributed by atoms with Gasteiger partial charge in [0.25, 0.3) is 0 Å². The van der Waals surface area contributed by atoms with E-state index in [-0.39, 0.29) is 5.92 Å². The summed E-state index contributed by atoms with van der Waals surface area (Å²) in [6, 6.07) is 6.31.